The maximum Gasteiger partial charge on any atom is 0.258 e. The Hall–Kier alpha value is -2.65. The van der Waals surface area contributed by atoms with Crippen molar-refractivity contribution in [2.45, 2.75) is 13.5 Å². The van der Waals surface area contributed by atoms with Gasteiger partial charge in [-0.05, 0) is 42.3 Å². The van der Waals surface area contributed by atoms with Crippen LogP contribution in [-0.2, 0) is 6.54 Å². The predicted octanol–water partition coefficient (Wildman–Crippen LogP) is 4.89. The molecule has 1 aromatic heterocycles. The maximum absolute atomic E-state index is 13.1. The standard InChI is InChI=1S/C20H17ClN2O/c1-15-13-22-11-10-19(15)20(24)23(14-16-6-3-2-4-7-16)18-9-5-8-17(21)12-18/h2-13H,14H2,1H3. The highest BCUT2D eigenvalue weighted by Crippen LogP contribution is 2.24. The summed E-state index contributed by atoms with van der Waals surface area (Å²) in [6, 6.07) is 19.0. The Kier molecular flexibility index (Phi) is 4.92. The van der Waals surface area contributed by atoms with Crippen molar-refractivity contribution in [3.05, 3.63) is 94.8 Å². The Labute approximate surface area is 146 Å². The zero-order chi connectivity index (χ0) is 16.9. The second-order valence-electron chi connectivity index (χ2n) is 5.55. The molecule has 0 aliphatic rings. The van der Waals surface area contributed by atoms with E-state index in [0.717, 1.165) is 16.8 Å². The van der Waals surface area contributed by atoms with Crippen LogP contribution in [0.2, 0.25) is 5.02 Å². The van der Waals surface area contributed by atoms with Gasteiger partial charge in [0.1, 0.15) is 0 Å². The first-order valence-electron chi connectivity index (χ1n) is 7.67. The van der Waals surface area contributed by atoms with Gasteiger partial charge in [0.25, 0.3) is 5.91 Å². The van der Waals surface area contributed by atoms with Gasteiger partial charge in [-0.25, -0.2) is 0 Å². The Morgan fingerprint density at radius 3 is 2.58 bits per heavy atom. The molecule has 0 fully saturated rings. The molecule has 3 nitrogen and oxygen atoms in total. The summed E-state index contributed by atoms with van der Waals surface area (Å²) in [7, 11) is 0. The van der Waals surface area contributed by atoms with E-state index in [9.17, 15) is 4.79 Å². The molecule has 2 aromatic carbocycles. The molecule has 0 radical (unpaired) electrons. The minimum atomic E-state index is -0.0685. The number of hydrogen-bond donors (Lipinski definition) is 0. The van der Waals surface area contributed by atoms with Crippen molar-refractivity contribution in [3.63, 3.8) is 0 Å². The van der Waals surface area contributed by atoms with Gasteiger partial charge in [0.15, 0.2) is 0 Å². The Morgan fingerprint density at radius 2 is 1.88 bits per heavy atom. The second kappa shape index (κ2) is 7.28. The fourth-order valence-electron chi connectivity index (χ4n) is 2.55. The number of nitrogens with zero attached hydrogens (tertiary/aromatic N) is 2. The number of aromatic nitrogens is 1. The summed E-state index contributed by atoms with van der Waals surface area (Å²) < 4.78 is 0. The van der Waals surface area contributed by atoms with Crippen LogP contribution in [0.25, 0.3) is 0 Å². The molecule has 0 aliphatic carbocycles. The molecule has 0 aliphatic heterocycles. The SMILES string of the molecule is Cc1cnccc1C(=O)N(Cc1ccccc1)c1cccc(Cl)c1. The van der Waals surface area contributed by atoms with Crippen LogP contribution < -0.4 is 4.90 Å². The molecule has 3 aromatic rings. The topological polar surface area (TPSA) is 33.2 Å². The summed E-state index contributed by atoms with van der Waals surface area (Å²) in [5.41, 5.74) is 3.31. The van der Waals surface area contributed by atoms with E-state index in [4.69, 9.17) is 11.6 Å². The van der Waals surface area contributed by atoms with E-state index >= 15 is 0 Å². The van der Waals surface area contributed by atoms with E-state index in [1.165, 1.54) is 0 Å². The van der Waals surface area contributed by atoms with Gasteiger partial charge in [0.05, 0.1) is 6.54 Å². The van der Waals surface area contributed by atoms with Gasteiger partial charge < -0.3 is 4.90 Å². The lowest BCUT2D eigenvalue weighted by Gasteiger charge is -2.24. The summed E-state index contributed by atoms with van der Waals surface area (Å²) in [5, 5.41) is 0.602. The van der Waals surface area contributed by atoms with Crippen molar-refractivity contribution in [2.24, 2.45) is 0 Å². The first-order chi connectivity index (χ1) is 11.6. The molecule has 3 rings (SSSR count). The van der Waals surface area contributed by atoms with Crippen LogP contribution in [0.5, 0.6) is 0 Å². The summed E-state index contributed by atoms with van der Waals surface area (Å²) in [6.45, 7) is 2.36. The van der Waals surface area contributed by atoms with Crippen molar-refractivity contribution in [1.29, 1.82) is 0 Å². The van der Waals surface area contributed by atoms with E-state index in [1.54, 1.807) is 35.5 Å². The fourth-order valence-corrected chi connectivity index (χ4v) is 2.73. The van der Waals surface area contributed by atoms with Gasteiger partial charge >= 0.3 is 0 Å². The quantitative estimate of drug-likeness (QED) is 0.679. The molecule has 1 heterocycles. The van der Waals surface area contributed by atoms with E-state index in [1.807, 2.05) is 49.4 Å². The third kappa shape index (κ3) is 3.63. The van der Waals surface area contributed by atoms with Gasteiger partial charge in [0.2, 0.25) is 0 Å². The predicted molar refractivity (Wildman–Crippen MR) is 97.4 cm³/mol. The number of aryl methyl sites for hydroxylation is 1. The van der Waals surface area contributed by atoms with Crippen LogP contribution in [0.15, 0.2) is 73.1 Å². The molecule has 0 spiro atoms. The smallest absolute Gasteiger partial charge is 0.258 e. The van der Waals surface area contributed by atoms with Crippen LogP contribution in [-0.4, -0.2) is 10.9 Å². The Balaban J connectivity index is 2.01. The average Bonchev–Trinajstić information content (AvgIpc) is 2.60. The van der Waals surface area contributed by atoms with Crippen molar-refractivity contribution in [3.8, 4) is 0 Å². The van der Waals surface area contributed by atoms with E-state index in [0.29, 0.717) is 17.1 Å². The highest BCUT2D eigenvalue weighted by molar-refractivity contribution is 6.31. The molecule has 0 bridgehead atoms. The lowest BCUT2D eigenvalue weighted by molar-refractivity contribution is 0.0984. The van der Waals surface area contributed by atoms with Crippen molar-refractivity contribution in [2.75, 3.05) is 4.90 Å². The van der Waals surface area contributed by atoms with E-state index in [2.05, 4.69) is 4.98 Å². The second-order valence-corrected chi connectivity index (χ2v) is 5.98. The average molecular weight is 337 g/mol. The van der Waals surface area contributed by atoms with Crippen molar-refractivity contribution >= 4 is 23.2 Å². The molecule has 24 heavy (non-hydrogen) atoms. The molecular weight excluding hydrogens is 320 g/mol. The summed E-state index contributed by atoms with van der Waals surface area (Å²) >= 11 is 6.13. The minimum Gasteiger partial charge on any atom is -0.304 e. The van der Waals surface area contributed by atoms with Gasteiger partial charge in [-0.15, -0.1) is 0 Å². The third-order valence-corrected chi connectivity index (χ3v) is 4.03. The molecular formula is C20H17ClN2O. The molecule has 0 N–H and O–H groups in total. The molecule has 120 valence electrons. The van der Waals surface area contributed by atoms with Crippen LogP contribution >= 0.6 is 11.6 Å². The van der Waals surface area contributed by atoms with Gasteiger partial charge in [-0.3, -0.25) is 9.78 Å². The van der Waals surface area contributed by atoms with E-state index < -0.39 is 0 Å². The molecule has 0 unspecified atom stereocenters. The summed E-state index contributed by atoms with van der Waals surface area (Å²) in [4.78, 5) is 18.9. The molecule has 1 amide bonds. The molecule has 0 atom stereocenters. The lowest BCUT2D eigenvalue weighted by atomic mass is 10.1. The number of carbonyl (C=O) groups excluding carboxylic acids is 1. The maximum atomic E-state index is 13.1. The number of anilines is 1. The zero-order valence-electron chi connectivity index (χ0n) is 13.3. The zero-order valence-corrected chi connectivity index (χ0v) is 14.1. The Bertz CT molecular complexity index is 849. The monoisotopic (exact) mass is 336 g/mol. The van der Waals surface area contributed by atoms with E-state index in [-0.39, 0.29) is 5.91 Å². The third-order valence-electron chi connectivity index (χ3n) is 3.80. The molecule has 0 saturated carbocycles. The number of pyridine rings is 1. The summed E-state index contributed by atoms with van der Waals surface area (Å²) in [5.74, 6) is -0.0685. The molecule has 0 saturated heterocycles. The first-order valence-corrected chi connectivity index (χ1v) is 8.05. The first kappa shape index (κ1) is 16.2. The number of rotatable bonds is 4. The van der Waals surface area contributed by atoms with Crippen molar-refractivity contribution < 1.29 is 4.79 Å². The van der Waals surface area contributed by atoms with Gasteiger partial charge in [0, 0.05) is 28.7 Å². The largest absolute Gasteiger partial charge is 0.304 e. The van der Waals surface area contributed by atoms with Crippen LogP contribution in [0.1, 0.15) is 21.5 Å². The number of halogens is 1. The number of carbonyl (C=O) groups is 1. The summed E-state index contributed by atoms with van der Waals surface area (Å²) in [6.07, 6.45) is 3.34. The highest BCUT2D eigenvalue weighted by atomic mass is 35.5. The normalized spacial score (nSPS) is 10.4. The minimum absolute atomic E-state index is 0.0685. The molecule has 4 heteroatoms. The van der Waals surface area contributed by atoms with Crippen molar-refractivity contribution in [1.82, 2.24) is 4.98 Å². The number of amides is 1. The van der Waals surface area contributed by atoms with Gasteiger partial charge in [-0.2, -0.15) is 0 Å². The van der Waals surface area contributed by atoms with Gasteiger partial charge in [-0.1, -0.05) is 48.0 Å². The van der Waals surface area contributed by atoms with Crippen LogP contribution in [0, 0.1) is 6.92 Å². The highest BCUT2D eigenvalue weighted by Gasteiger charge is 2.20. The van der Waals surface area contributed by atoms with Crippen LogP contribution in [0.3, 0.4) is 0 Å². The fraction of sp³-hybridized carbons (Fsp3) is 0.100. The number of benzene rings is 2. The van der Waals surface area contributed by atoms with Crippen LogP contribution in [0.4, 0.5) is 5.69 Å². The Morgan fingerprint density at radius 1 is 1.08 bits per heavy atom. The lowest BCUT2D eigenvalue weighted by Crippen LogP contribution is -2.31. The number of hydrogen-bond acceptors (Lipinski definition) is 2.